The van der Waals surface area contributed by atoms with E-state index in [2.05, 4.69) is 4.90 Å². The first-order chi connectivity index (χ1) is 13.6. The van der Waals surface area contributed by atoms with Crippen molar-refractivity contribution in [2.75, 3.05) is 48.2 Å². The molecule has 3 rings (SSSR count). The lowest BCUT2D eigenvalue weighted by molar-refractivity contribution is -0.129. The molecule has 1 aliphatic rings. The molecule has 0 aliphatic carbocycles. The molecule has 6 nitrogen and oxygen atoms in total. The van der Waals surface area contributed by atoms with Crippen LogP contribution in [0.4, 0.5) is 15.8 Å². The van der Waals surface area contributed by atoms with Crippen molar-refractivity contribution in [1.82, 2.24) is 4.90 Å². The molecule has 0 saturated carbocycles. The van der Waals surface area contributed by atoms with Gasteiger partial charge in [-0.25, -0.2) is 12.8 Å². The number of sulfonamides is 1. The Hall–Kier alpha value is -2.61. The molecular formula is C21H26FN3O3S. The summed E-state index contributed by atoms with van der Waals surface area (Å²) in [5, 5.41) is 0. The van der Waals surface area contributed by atoms with Crippen molar-refractivity contribution in [2.24, 2.45) is 0 Å². The van der Waals surface area contributed by atoms with Gasteiger partial charge in [-0.1, -0.05) is 6.07 Å². The Labute approximate surface area is 171 Å². The summed E-state index contributed by atoms with van der Waals surface area (Å²) in [5.41, 5.74) is 3.43. The van der Waals surface area contributed by atoms with E-state index in [4.69, 9.17) is 0 Å². The van der Waals surface area contributed by atoms with E-state index >= 15 is 0 Å². The van der Waals surface area contributed by atoms with E-state index < -0.39 is 10.0 Å². The van der Waals surface area contributed by atoms with Crippen LogP contribution in [0.15, 0.2) is 42.5 Å². The summed E-state index contributed by atoms with van der Waals surface area (Å²) < 4.78 is 38.9. The monoisotopic (exact) mass is 419 g/mol. The average Bonchev–Trinajstić information content (AvgIpc) is 2.68. The summed E-state index contributed by atoms with van der Waals surface area (Å²) in [6, 6.07) is 11.6. The second-order valence-corrected chi connectivity index (χ2v) is 9.29. The first-order valence-corrected chi connectivity index (χ1v) is 11.3. The Balaban J connectivity index is 1.67. The van der Waals surface area contributed by atoms with Crippen molar-refractivity contribution in [3.8, 4) is 0 Å². The van der Waals surface area contributed by atoms with Crippen molar-refractivity contribution in [3.05, 3.63) is 59.4 Å². The zero-order valence-corrected chi connectivity index (χ0v) is 17.7. The number of rotatable bonds is 5. The molecule has 1 aliphatic heterocycles. The second kappa shape index (κ2) is 8.41. The molecule has 0 radical (unpaired) electrons. The van der Waals surface area contributed by atoms with Crippen molar-refractivity contribution in [3.63, 3.8) is 0 Å². The Morgan fingerprint density at radius 1 is 1.00 bits per heavy atom. The van der Waals surface area contributed by atoms with Crippen LogP contribution in [0.1, 0.15) is 11.1 Å². The third-order valence-electron chi connectivity index (χ3n) is 5.28. The van der Waals surface area contributed by atoms with E-state index in [1.807, 2.05) is 19.9 Å². The number of anilines is 2. The van der Waals surface area contributed by atoms with Crippen LogP contribution in [0.3, 0.4) is 0 Å². The molecular weight excluding hydrogens is 393 g/mol. The van der Waals surface area contributed by atoms with E-state index in [0.29, 0.717) is 31.9 Å². The summed E-state index contributed by atoms with van der Waals surface area (Å²) in [4.78, 5) is 16.6. The molecule has 8 heteroatoms. The predicted octanol–water partition coefficient (Wildman–Crippen LogP) is 2.56. The van der Waals surface area contributed by atoms with E-state index in [9.17, 15) is 17.6 Å². The molecule has 0 unspecified atom stereocenters. The van der Waals surface area contributed by atoms with Crippen molar-refractivity contribution >= 4 is 27.3 Å². The van der Waals surface area contributed by atoms with Crippen LogP contribution in [-0.4, -0.2) is 58.2 Å². The quantitative estimate of drug-likeness (QED) is 0.747. The number of aryl methyl sites for hydroxylation is 2. The van der Waals surface area contributed by atoms with Crippen LogP contribution in [0.25, 0.3) is 0 Å². The Morgan fingerprint density at radius 3 is 2.17 bits per heavy atom. The van der Waals surface area contributed by atoms with Crippen LogP contribution >= 0.6 is 0 Å². The maximum atomic E-state index is 13.1. The van der Waals surface area contributed by atoms with Crippen LogP contribution in [0, 0.1) is 19.7 Å². The van der Waals surface area contributed by atoms with Gasteiger partial charge in [-0.2, -0.15) is 0 Å². The smallest absolute Gasteiger partial charge is 0.243 e. The number of nitrogens with zero attached hydrogens (tertiary/aromatic N) is 3. The van der Waals surface area contributed by atoms with Crippen LogP contribution in [-0.2, 0) is 14.8 Å². The molecule has 1 amide bonds. The van der Waals surface area contributed by atoms with Gasteiger partial charge in [0, 0.05) is 31.9 Å². The second-order valence-electron chi connectivity index (χ2n) is 7.38. The Bertz CT molecular complexity index is 985. The molecule has 0 N–H and O–H groups in total. The highest BCUT2D eigenvalue weighted by atomic mass is 32.2. The molecule has 1 heterocycles. The number of amides is 1. The lowest BCUT2D eigenvalue weighted by Crippen LogP contribution is -2.52. The first-order valence-electron chi connectivity index (χ1n) is 9.48. The highest BCUT2D eigenvalue weighted by Gasteiger charge is 2.26. The van der Waals surface area contributed by atoms with Gasteiger partial charge in [-0.15, -0.1) is 0 Å². The van der Waals surface area contributed by atoms with Gasteiger partial charge in [0.2, 0.25) is 15.9 Å². The zero-order valence-electron chi connectivity index (χ0n) is 16.9. The largest absolute Gasteiger partial charge is 0.368 e. The minimum Gasteiger partial charge on any atom is -0.368 e. The molecule has 0 atom stereocenters. The fourth-order valence-electron chi connectivity index (χ4n) is 3.37. The topological polar surface area (TPSA) is 60.9 Å². The third kappa shape index (κ3) is 5.06. The van der Waals surface area contributed by atoms with Crippen molar-refractivity contribution in [1.29, 1.82) is 0 Å². The third-order valence-corrected chi connectivity index (χ3v) is 6.42. The lowest BCUT2D eigenvalue weighted by atomic mass is 10.1. The zero-order chi connectivity index (χ0) is 21.2. The minimum atomic E-state index is -3.60. The lowest BCUT2D eigenvalue weighted by Gasteiger charge is -2.37. The van der Waals surface area contributed by atoms with E-state index in [1.54, 1.807) is 29.2 Å². The number of carbonyl (C=O) groups is 1. The number of hydrogen-bond acceptors (Lipinski definition) is 4. The van der Waals surface area contributed by atoms with Gasteiger partial charge >= 0.3 is 0 Å². The number of benzene rings is 2. The number of piperazine rings is 1. The highest BCUT2D eigenvalue weighted by molar-refractivity contribution is 7.92. The molecule has 156 valence electrons. The summed E-state index contributed by atoms with van der Waals surface area (Å²) >= 11 is 0. The summed E-state index contributed by atoms with van der Waals surface area (Å²) in [6.45, 7) is 5.84. The van der Waals surface area contributed by atoms with Crippen molar-refractivity contribution in [2.45, 2.75) is 13.8 Å². The van der Waals surface area contributed by atoms with Gasteiger partial charge in [0.15, 0.2) is 0 Å². The Morgan fingerprint density at radius 2 is 1.62 bits per heavy atom. The molecule has 0 aromatic heterocycles. The Kier molecular flexibility index (Phi) is 6.12. The SMILES string of the molecule is Cc1ccc(N(CC(=O)N2CCN(c3ccc(F)cc3)CC2)S(C)(=O)=O)cc1C. The maximum absolute atomic E-state index is 13.1. The van der Waals surface area contributed by atoms with Gasteiger partial charge in [-0.3, -0.25) is 9.10 Å². The van der Waals surface area contributed by atoms with E-state index in [1.165, 1.54) is 12.1 Å². The van der Waals surface area contributed by atoms with Gasteiger partial charge in [0.05, 0.1) is 11.9 Å². The summed E-state index contributed by atoms with van der Waals surface area (Å²) in [6.07, 6.45) is 1.11. The number of hydrogen-bond donors (Lipinski definition) is 0. The van der Waals surface area contributed by atoms with E-state index in [-0.39, 0.29) is 18.3 Å². The summed E-state index contributed by atoms with van der Waals surface area (Å²) in [5.74, 6) is -0.512. The fraction of sp³-hybridized carbons (Fsp3) is 0.381. The molecule has 2 aromatic rings. The molecule has 0 spiro atoms. The minimum absolute atomic E-state index is 0.224. The van der Waals surface area contributed by atoms with E-state index in [0.717, 1.165) is 27.4 Å². The molecule has 1 saturated heterocycles. The molecule has 1 fully saturated rings. The first kappa shape index (κ1) is 21.1. The van der Waals surface area contributed by atoms with Crippen molar-refractivity contribution < 1.29 is 17.6 Å². The number of carbonyl (C=O) groups excluding carboxylic acids is 1. The van der Waals surface area contributed by atoms with Gasteiger partial charge in [-0.05, 0) is 61.4 Å². The maximum Gasteiger partial charge on any atom is 0.243 e. The van der Waals surface area contributed by atoms with Crippen LogP contribution in [0.2, 0.25) is 0 Å². The fourth-order valence-corrected chi connectivity index (χ4v) is 4.21. The number of halogens is 1. The standard InChI is InChI=1S/C21H26FN3O3S/c1-16-4-7-20(14-17(16)2)25(29(3,27)28)15-21(26)24-12-10-23(11-13-24)19-8-5-18(22)6-9-19/h4-9,14H,10-13,15H2,1-3H3. The predicted molar refractivity (Wildman–Crippen MR) is 113 cm³/mol. The molecule has 2 aromatic carbocycles. The normalized spacial score (nSPS) is 14.8. The van der Waals surface area contributed by atoms with Crippen LogP contribution < -0.4 is 9.21 Å². The molecule has 29 heavy (non-hydrogen) atoms. The highest BCUT2D eigenvalue weighted by Crippen LogP contribution is 2.22. The average molecular weight is 420 g/mol. The molecule has 0 bridgehead atoms. The van der Waals surface area contributed by atoms with Crippen LogP contribution in [0.5, 0.6) is 0 Å². The van der Waals surface area contributed by atoms with Gasteiger partial charge < -0.3 is 9.80 Å². The summed E-state index contributed by atoms with van der Waals surface area (Å²) in [7, 11) is -3.60. The van der Waals surface area contributed by atoms with Gasteiger partial charge in [0.1, 0.15) is 12.4 Å². The van der Waals surface area contributed by atoms with Gasteiger partial charge in [0.25, 0.3) is 0 Å².